The molecule has 1 N–H and O–H groups in total. The molecule has 0 heterocycles. The third-order valence-corrected chi connectivity index (χ3v) is 4.17. The van der Waals surface area contributed by atoms with Crippen molar-refractivity contribution in [2.24, 2.45) is 0 Å². The SMILES string of the molecule is O=C(O)/C(F)=C(\F)C(F)(F)C(F)(F)C(F)(F)C(F)(F)C(F)(F)C(F)(F)C(F)(F)C(F)(F)C(F)(F)C(F)(F)F. The summed E-state index contributed by atoms with van der Waals surface area (Å²) in [6.45, 7) is 0. The van der Waals surface area contributed by atoms with E-state index < -0.39 is 77.1 Å². The van der Waals surface area contributed by atoms with Gasteiger partial charge in [-0.05, 0) is 0 Å². The Labute approximate surface area is 189 Å². The predicted octanol–water partition coefficient (Wildman–Crippen LogP) is 7.50. The van der Waals surface area contributed by atoms with Crippen LogP contribution in [0.2, 0.25) is 0 Å². The highest BCUT2D eigenvalue weighted by atomic mass is 19.4. The Bertz CT molecular complexity index is 953. The van der Waals surface area contributed by atoms with Crippen LogP contribution >= 0.6 is 0 Å². The van der Waals surface area contributed by atoms with Crippen molar-refractivity contribution >= 4 is 5.97 Å². The fourth-order valence-corrected chi connectivity index (χ4v) is 1.93. The van der Waals surface area contributed by atoms with Crippen molar-refractivity contribution in [1.82, 2.24) is 0 Å². The van der Waals surface area contributed by atoms with Gasteiger partial charge in [-0.2, -0.15) is 96.6 Å². The molecule has 226 valence electrons. The summed E-state index contributed by atoms with van der Waals surface area (Å²) in [7, 11) is 0. The standard InChI is InChI=1S/C13HF23O2/c14-1(3(37)38)2(15)4(16,17)5(18,19)6(20,21)7(22,23)8(24,25)9(26,27)10(28,29)11(30,31)12(32,33)13(34,35)36/h(H,37,38)/b2-1+. The zero-order valence-corrected chi connectivity index (χ0v) is 16.0. The minimum Gasteiger partial charge on any atom is -0.476 e. The maximum atomic E-state index is 13.4. The Balaban J connectivity index is 7.28. The Hall–Kier alpha value is -2.40. The van der Waals surface area contributed by atoms with Gasteiger partial charge in [0, 0.05) is 0 Å². The van der Waals surface area contributed by atoms with Gasteiger partial charge in [0.1, 0.15) is 0 Å². The van der Waals surface area contributed by atoms with Crippen LogP contribution in [-0.2, 0) is 4.79 Å². The molecular formula is C13HF23O2. The first-order valence-electron chi connectivity index (χ1n) is 7.77. The van der Waals surface area contributed by atoms with Crippen molar-refractivity contribution in [1.29, 1.82) is 0 Å². The molecule has 0 saturated carbocycles. The maximum absolute atomic E-state index is 13.4. The van der Waals surface area contributed by atoms with Crippen molar-refractivity contribution in [3.63, 3.8) is 0 Å². The molecule has 0 aromatic carbocycles. The van der Waals surface area contributed by atoms with E-state index in [0.717, 1.165) is 0 Å². The Morgan fingerprint density at radius 2 is 0.605 bits per heavy atom. The summed E-state index contributed by atoms with van der Waals surface area (Å²) < 4.78 is 299. The van der Waals surface area contributed by atoms with Crippen LogP contribution < -0.4 is 0 Å². The smallest absolute Gasteiger partial charge is 0.460 e. The molecule has 0 aliphatic rings. The van der Waals surface area contributed by atoms with Crippen molar-refractivity contribution in [2.75, 3.05) is 0 Å². The summed E-state index contributed by atoms with van der Waals surface area (Å²) in [6, 6.07) is 0. The zero-order valence-electron chi connectivity index (χ0n) is 16.0. The summed E-state index contributed by atoms with van der Waals surface area (Å²) in [4.78, 5) is 9.91. The lowest BCUT2D eigenvalue weighted by Crippen LogP contribution is -2.76. The highest BCUT2D eigenvalue weighted by molar-refractivity contribution is 5.84. The van der Waals surface area contributed by atoms with E-state index in [0.29, 0.717) is 0 Å². The van der Waals surface area contributed by atoms with Crippen LogP contribution in [0.1, 0.15) is 0 Å². The number of hydrogen-bond acceptors (Lipinski definition) is 1. The molecule has 0 aliphatic carbocycles. The lowest BCUT2D eigenvalue weighted by atomic mass is 9.86. The molecule has 38 heavy (non-hydrogen) atoms. The fourth-order valence-electron chi connectivity index (χ4n) is 1.93. The summed E-state index contributed by atoms with van der Waals surface area (Å²) in [5.41, 5.74) is 0. The summed E-state index contributed by atoms with van der Waals surface area (Å²) in [5.74, 6) is -94.3. The van der Waals surface area contributed by atoms with Gasteiger partial charge in [0.05, 0.1) is 0 Å². The lowest BCUT2D eigenvalue weighted by Gasteiger charge is -2.44. The number of rotatable bonds is 10. The normalized spacial score (nSPS) is 16.9. The third-order valence-electron chi connectivity index (χ3n) is 4.17. The number of alkyl halides is 21. The predicted molar refractivity (Wildman–Crippen MR) is 67.5 cm³/mol. The van der Waals surface area contributed by atoms with Crippen LogP contribution in [-0.4, -0.2) is 70.6 Å². The van der Waals surface area contributed by atoms with Gasteiger partial charge in [0.15, 0.2) is 0 Å². The van der Waals surface area contributed by atoms with Gasteiger partial charge in [-0.3, -0.25) is 0 Å². The second-order valence-corrected chi connectivity index (χ2v) is 6.60. The summed E-state index contributed by atoms with van der Waals surface area (Å²) >= 11 is 0. The van der Waals surface area contributed by atoms with E-state index in [-0.39, 0.29) is 0 Å². The van der Waals surface area contributed by atoms with Crippen LogP contribution in [0.15, 0.2) is 11.7 Å². The van der Waals surface area contributed by atoms with E-state index in [4.69, 9.17) is 5.11 Å². The molecule has 0 aromatic rings. The number of carbonyl (C=O) groups is 1. The van der Waals surface area contributed by atoms with E-state index in [1.807, 2.05) is 0 Å². The van der Waals surface area contributed by atoms with E-state index in [9.17, 15) is 106 Å². The summed E-state index contributed by atoms with van der Waals surface area (Å²) in [6.07, 6.45) is -8.12. The zero-order chi connectivity index (χ0) is 31.7. The van der Waals surface area contributed by atoms with Gasteiger partial charge in [-0.1, -0.05) is 0 Å². The number of halogens is 23. The van der Waals surface area contributed by atoms with Gasteiger partial charge in [-0.25, -0.2) is 9.18 Å². The van der Waals surface area contributed by atoms with Crippen molar-refractivity contribution in [2.45, 2.75) is 59.5 Å². The number of hydrogen-bond donors (Lipinski definition) is 1. The topological polar surface area (TPSA) is 37.3 Å². The average Bonchev–Trinajstić information content (AvgIpc) is 2.70. The Morgan fingerprint density at radius 3 is 0.816 bits per heavy atom. The van der Waals surface area contributed by atoms with Gasteiger partial charge in [0.25, 0.3) is 0 Å². The molecule has 0 fully saturated rings. The maximum Gasteiger partial charge on any atom is 0.460 e. The van der Waals surface area contributed by atoms with Crippen LogP contribution in [0.5, 0.6) is 0 Å². The molecule has 2 nitrogen and oxygen atoms in total. The molecule has 0 spiro atoms. The molecule has 0 aromatic heterocycles. The van der Waals surface area contributed by atoms with Gasteiger partial charge >= 0.3 is 65.4 Å². The number of carboxylic acids is 1. The molecule has 0 bridgehead atoms. The minimum atomic E-state index is -9.46. The number of carboxylic acid groups (broad SMARTS) is 1. The van der Waals surface area contributed by atoms with E-state index in [1.165, 1.54) is 0 Å². The lowest BCUT2D eigenvalue weighted by molar-refractivity contribution is -0.473. The fraction of sp³-hybridized carbons (Fsp3) is 0.769. The Kier molecular flexibility index (Phi) is 8.25. The largest absolute Gasteiger partial charge is 0.476 e. The molecule has 0 rings (SSSR count). The highest BCUT2D eigenvalue weighted by Crippen LogP contribution is 2.66. The molecule has 0 atom stereocenters. The van der Waals surface area contributed by atoms with E-state index in [1.54, 1.807) is 0 Å². The number of aliphatic carboxylic acids is 1. The van der Waals surface area contributed by atoms with Crippen LogP contribution in [0, 0.1) is 0 Å². The van der Waals surface area contributed by atoms with Crippen molar-refractivity contribution in [3.8, 4) is 0 Å². The van der Waals surface area contributed by atoms with Crippen molar-refractivity contribution in [3.05, 3.63) is 11.7 Å². The molecule has 0 saturated heterocycles. The molecular weight excluding hydrogens is 625 g/mol. The minimum absolute atomic E-state index is 3.72. The summed E-state index contributed by atoms with van der Waals surface area (Å²) in [5, 5.41) is 7.77. The first-order valence-corrected chi connectivity index (χ1v) is 7.77. The van der Waals surface area contributed by atoms with Crippen LogP contribution in [0.3, 0.4) is 0 Å². The van der Waals surface area contributed by atoms with E-state index in [2.05, 4.69) is 0 Å². The Morgan fingerprint density at radius 1 is 0.395 bits per heavy atom. The quantitative estimate of drug-likeness (QED) is 0.202. The van der Waals surface area contributed by atoms with Gasteiger partial charge < -0.3 is 5.11 Å². The first kappa shape index (κ1) is 35.6. The second kappa shape index (κ2) is 8.81. The first-order chi connectivity index (χ1) is 16.0. The van der Waals surface area contributed by atoms with Gasteiger partial charge in [-0.15, -0.1) is 0 Å². The van der Waals surface area contributed by atoms with Gasteiger partial charge in [0.2, 0.25) is 11.7 Å². The molecule has 25 heteroatoms. The molecule has 0 radical (unpaired) electrons. The van der Waals surface area contributed by atoms with E-state index >= 15 is 0 Å². The average molecular weight is 626 g/mol. The highest BCUT2D eigenvalue weighted by Gasteiger charge is 2.98. The molecule has 0 aliphatic heterocycles. The molecule has 0 amide bonds. The van der Waals surface area contributed by atoms with Crippen molar-refractivity contribution < 1.29 is 111 Å². The third kappa shape index (κ3) is 4.16. The molecule has 0 unspecified atom stereocenters. The van der Waals surface area contributed by atoms with Crippen LogP contribution in [0.25, 0.3) is 0 Å². The number of allylic oxidation sites excluding steroid dienone is 1. The van der Waals surface area contributed by atoms with Crippen LogP contribution in [0.4, 0.5) is 101 Å². The second-order valence-electron chi connectivity index (χ2n) is 6.60. The monoisotopic (exact) mass is 626 g/mol.